The molecule has 1 aliphatic rings. The Bertz CT molecular complexity index is 757. The molecule has 3 N–H and O–H groups in total. The van der Waals surface area contributed by atoms with Gasteiger partial charge >= 0.3 is 0 Å². The van der Waals surface area contributed by atoms with Crippen LogP contribution in [0.4, 0.5) is 5.82 Å². The first kappa shape index (κ1) is 23.0. The summed E-state index contributed by atoms with van der Waals surface area (Å²) in [6.45, 7) is 1.37. The molecule has 2 aromatic rings. The molecule has 0 fully saturated rings. The van der Waals surface area contributed by atoms with Crippen molar-refractivity contribution in [2.24, 2.45) is 5.73 Å². The van der Waals surface area contributed by atoms with Gasteiger partial charge in [0.1, 0.15) is 19.0 Å². The van der Waals surface area contributed by atoms with Crippen LogP contribution in [-0.4, -0.2) is 43.9 Å². The summed E-state index contributed by atoms with van der Waals surface area (Å²) in [4.78, 5) is 16.5. The van der Waals surface area contributed by atoms with Gasteiger partial charge in [0, 0.05) is 19.2 Å². The molecule has 1 atom stereocenters. The molecule has 1 amide bonds. The molecule has 1 aliphatic heterocycles. The molecular weight excluding hydrogens is 393 g/mol. The third-order valence-electron chi connectivity index (χ3n) is 3.86. The van der Waals surface area contributed by atoms with E-state index in [9.17, 15) is 4.79 Å². The second-order valence-electron chi connectivity index (χ2n) is 5.61. The molecule has 0 spiro atoms. The topological polar surface area (TPSA) is 95.7 Å². The van der Waals surface area contributed by atoms with Crippen LogP contribution in [0, 0.1) is 0 Å². The summed E-state index contributed by atoms with van der Waals surface area (Å²) in [5.41, 5.74) is 7.16. The Hall–Kier alpha value is -2.06. The van der Waals surface area contributed by atoms with E-state index in [2.05, 4.69) is 10.3 Å². The third kappa shape index (κ3) is 5.97. The average Bonchev–Trinajstić information content (AvgIpc) is 2.66. The molecule has 0 radical (unpaired) electrons. The lowest BCUT2D eigenvalue weighted by Gasteiger charge is -2.18. The van der Waals surface area contributed by atoms with Crippen LogP contribution in [0.25, 0.3) is 11.3 Å². The van der Waals surface area contributed by atoms with Gasteiger partial charge in [0.05, 0.1) is 18.2 Å². The van der Waals surface area contributed by atoms with Crippen LogP contribution in [0.1, 0.15) is 6.42 Å². The third-order valence-corrected chi connectivity index (χ3v) is 3.86. The van der Waals surface area contributed by atoms with Crippen molar-refractivity contribution in [3.8, 4) is 22.8 Å². The molecule has 0 bridgehead atoms. The summed E-state index contributed by atoms with van der Waals surface area (Å²) in [6.07, 6.45) is -0.121. The second-order valence-corrected chi connectivity index (χ2v) is 5.61. The summed E-state index contributed by atoms with van der Waals surface area (Å²) >= 11 is 0. The first-order valence-electron chi connectivity index (χ1n) is 8.09. The monoisotopic (exact) mass is 415 g/mol. The quantitative estimate of drug-likeness (QED) is 0.752. The van der Waals surface area contributed by atoms with Gasteiger partial charge in [0.15, 0.2) is 11.5 Å². The van der Waals surface area contributed by atoms with E-state index in [0.717, 1.165) is 17.0 Å². The standard InChI is InChI=1S/C18H21N3O4.2ClH/c1-23-13(11-19)10-18(22)21-17-4-2-3-14(20-17)12-5-6-15-16(9-12)25-8-7-24-15;;/h2-6,9,13H,7-8,10-11,19H2,1H3,(H,20,21,22);2*1H. The maximum absolute atomic E-state index is 12.1. The van der Waals surface area contributed by atoms with Gasteiger partial charge in [0.2, 0.25) is 5.91 Å². The first-order valence-corrected chi connectivity index (χ1v) is 8.09. The maximum atomic E-state index is 12.1. The number of nitrogens with zero attached hydrogens (tertiary/aromatic N) is 1. The number of nitrogens with one attached hydrogen (secondary N) is 1. The van der Waals surface area contributed by atoms with Gasteiger partial charge in [-0.15, -0.1) is 24.8 Å². The molecule has 0 saturated heterocycles. The van der Waals surface area contributed by atoms with Crippen LogP contribution in [0.15, 0.2) is 36.4 Å². The van der Waals surface area contributed by atoms with E-state index in [1.807, 2.05) is 30.3 Å². The van der Waals surface area contributed by atoms with Crippen molar-refractivity contribution in [1.82, 2.24) is 4.98 Å². The number of carbonyl (C=O) groups excluding carboxylic acids is 1. The number of methoxy groups -OCH3 is 1. The number of benzene rings is 1. The number of rotatable bonds is 6. The van der Waals surface area contributed by atoms with Crippen molar-refractivity contribution >= 4 is 36.5 Å². The Morgan fingerprint density at radius 3 is 2.67 bits per heavy atom. The van der Waals surface area contributed by atoms with E-state index in [1.54, 1.807) is 6.07 Å². The van der Waals surface area contributed by atoms with Crippen LogP contribution in [0.5, 0.6) is 11.5 Å². The van der Waals surface area contributed by atoms with Gasteiger partial charge in [-0.3, -0.25) is 4.79 Å². The lowest BCUT2D eigenvalue weighted by Crippen LogP contribution is -2.28. The van der Waals surface area contributed by atoms with Crippen molar-refractivity contribution in [3.05, 3.63) is 36.4 Å². The van der Waals surface area contributed by atoms with Gasteiger partial charge < -0.3 is 25.3 Å². The fraction of sp³-hybridized carbons (Fsp3) is 0.333. The largest absolute Gasteiger partial charge is 0.486 e. The zero-order valence-electron chi connectivity index (χ0n) is 14.8. The van der Waals surface area contributed by atoms with E-state index in [4.69, 9.17) is 19.9 Å². The Morgan fingerprint density at radius 2 is 1.96 bits per heavy atom. The summed E-state index contributed by atoms with van der Waals surface area (Å²) in [6, 6.07) is 11.1. The lowest BCUT2D eigenvalue weighted by atomic mass is 10.1. The van der Waals surface area contributed by atoms with Gasteiger partial charge in [-0.2, -0.15) is 0 Å². The lowest BCUT2D eigenvalue weighted by molar-refractivity contribution is -0.118. The number of halogens is 2. The minimum Gasteiger partial charge on any atom is -0.486 e. The number of amides is 1. The molecule has 2 heterocycles. The van der Waals surface area contributed by atoms with Crippen molar-refractivity contribution in [3.63, 3.8) is 0 Å². The molecule has 9 heteroatoms. The van der Waals surface area contributed by atoms with Crippen LogP contribution >= 0.6 is 24.8 Å². The van der Waals surface area contributed by atoms with E-state index < -0.39 is 0 Å². The number of anilines is 1. The molecule has 1 aromatic heterocycles. The Balaban J connectivity index is 0.00000182. The number of aromatic nitrogens is 1. The van der Waals surface area contributed by atoms with E-state index in [0.29, 0.717) is 24.8 Å². The van der Waals surface area contributed by atoms with Gasteiger partial charge in [-0.05, 0) is 30.3 Å². The summed E-state index contributed by atoms with van der Waals surface area (Å²) < 4.78 is 16.2. The molecule has 0 aliphatic carbocycles. The maximum Gasteiger partial charge on any atom is 0.228 e. The molecular formula is C18H23Cl2N3O4. The van der Waals surface area contributed by atoms with Gasteiger partial charge in [-0.25, -0.2) is 4.98 Å². The van der Waals surface area contributed by atoms with E-state index in [-0.39, 0.29) is 49.8 Å². The van der Waals surface area contributed by atoms with Crippen LogP contribution < -0.4 is 20.5 Å². The molecule has 1 unspecified atom stereocenters. The predicted octanol–water partition coefficient (Wildman–Crippen LogP) is 2.67. The van der Waals surface area contributed by atoms with Crippen LogP contribution in [0.2, 0.25) is 0 Å². The number of pyridine rings is 1. The zero-order chi connectivity index (χ0) is 17.6. The van der Waals surface area contributed by atoms with Crippen molar-refractivity contribution < 1.29 is 19.0 Å². The highest BCUT2D eigenvalue weighted by atomic mass is 35.5. The van der Waals surface area contributed by atoms with Gasteiger partial charge in [0.25, 0.3) is 0 Å². The smallest absolute Gasteiger partial charge is 0.228 e. The molecule has 0 saturated carbocycles. The van der Waals surface area contributed by atoms with Crippen LogP contribution in [0.3, 0.4) is 0 Å². The molecule has 148 valence electrons. The van der Waals surface area contributed by atoms with Crippen LogP contribution in [-0.2, 0) is 9.53 Å². The minimum atomic E-state index is -0.305. The summed E-state index contributed by atoms with van der Waals surface area (Å²) in [5.74, 6) is 1.71. The summed E-state index contributed by atoms with van der Waals surface area (Å²) in [5, 5.41) is 2.77. The number of ether oxygens (including phenoxy) is 3. The predicted molar refractivity (Wildman–Crippen MR) is 108 cm³/mol. The van der Waals surface area contributed by atoms with Crippen molar-refractivity contribution in [1.29, 1.82) is 0 Å². The SMILES string of the molecule is COC(CN)CC(=O)Nc1cccc(-c2ccc3c(c2)OCCO3)n1.Cl.Cl. The highest BCUT2D eigenvalue weighted by molar-refractivity contribution is 5.90. The number of hydrogen-bond acceptors (Lipinski definition) is 6. The molecule has 7 nitrogen and oxygen atoms in total. The van der Waals surface area contributed by atoms with E-state index >= 15 is 0 Å². The van der Waals surface area contributed by atoms with Crippen molar-refractivity contribution in [2.45, 2.75) is 12.5 Å². The van der Waals surface area contributed by atoms with Crippen molar-refractivity contribution in [2.75, 3.05) is 32.2 Å². The normalized spacial score (nSPS) is 13.0. The van der Waals surface area contributed by atoms with E-state index in [1.165, 1.54) is 7.11 Å². The fourth-order valence-corrected chi connectivity index (χ4v) is 2.53. The Kier molecular flexibility index (Phi) is 9.31. The number of hydrogen-bond donors (Lipinski definition) is 2. The average molecular weight is 416 g/mol. The number of fused-ring (bicyclic) bond motifs is 1. The fourth-order valence-electron chi connectivity index (χ4n) is 2.53. The first-order chi connectivity index (χ1) is 12.2. The highest BCUT2D eigenvalue weighted by Gasteiger charge is 2.14. The second kappa shape index (κ2) is 10.9. The minimum absolute atomic E-state index is 0. The number of nitrogens with two attached hydrogens (primary N) is 1. The Labute approximate surface area is 170 Å². The summed E-state index contributed by atoms with van der Waals surface area (Å²) in [7, 11) is 1.53. The number of carbonyl (C=O) groups is 1. The highest BCUT2D eigenvalue weighted by Crippen LogP contribution is 2.34. The molecule has 3 rings (SSSR count). The molecule has 27 heavy (non-hydrogen) atoms. The zero-order valence-corrected chi connectivity index (χ0v) is 16.5. The Morgan fingerprint density at radius 1 is 1.22 bits per heavy atom. The molecule has 1 aromatic carbocycles. The van der Waals surface area contributed by atoms with Gasteiger partial charge in [-0.1, -0.05) is 6.07 Å².